The van der Waals surface area contributed by atoms with Crippen LogP contribution >= 0.6 is 0 Å². The Balaban J connectivity index is 1.36. The topological polar surface area (TPSA) is 42.2 Å². The number of nitriles is 1. The third-order valence-corrected chi connectivity index (χ3v) is 11.0. The molecule has 2 aliphatic carbocycles. The third-order valence-electron chi connectivity index (χ3n) is 11.0. The van der Waals surface area contributed by atoms with Crippen molar-refractivity contribution in [2.75, 3.05) is 0 Å². The molecule has 0 bridgehead atoms. The summed E-state index contributed by atoms with van der Waals surface area (Å²) in [6.45, 7) is 8.43. The Morgan fingerprint density at radius 3 is 1.98 bits per heavy atom. The normalized spacial score (nSPS) is 19.5. The number of benzene rings is 6. The van der Waals surface area contributed by atoms with E-state index in [9.17, 15) is 5.26 Å². The van der Waals surface area contributed by atoms with Crippen LogP contribution in [0.2, 0.25) is 0 Å². The molecule has 1 atom stereocenters. The van der Waals surface area contributed by atoms with Gasteiger partial charge in [0.2, 0.25) is 0 Å². The fourth-order valence-corrected chi connectivity index (χ4v) is 8.01. The highest BCUT2D eigenvalue weighted by Crippen LogP contribution is 2.64. The Labute approximate surface area is 270 Å². The highest BCUT2D eigenvalue weighted by Gasteiger charge is 2.55. The number of hydrogen-bond donors (Lipinski definition) is 0. The molecule has 1 heterocycles. The molecule has 6 aromatic carbocycles. The molecule has 220 valence electrons. The summed E-state index contributed by atoms with van der Waals surface area (Å²) in [5.41, 5.74) is 12.7. The van der Waals surface area contributed by atoms with Crippen molar-refractivity contribution in [3.05, 3.63) is 149 Å². The van der Waals surface area contributed by atoms with Crippen LogP contribution in [0, 0.1) is 11.3 Å². The summed E-state index contributed by atoms with van der Waals surface area (Å²) >= 11 is 0. The van der Waals surface area contributed by atoms with E-state index in [1.165, 1.54) is 55.3 Å². The summed E-state index contributed by atoms with van der Waals surface area (Å²) < 4.78 is 13.2. The average molecular weight is 594 g/mol. The fraction of sp³-hybridized carbons (Fsp3) is 0.167. The highest BCUT2D eigenvalue weighted by atomic mass is 16.7. The molecule has 1 spiro atoms. The van der Waals surface area contributed by atoms with Gasteiger partial charge in [0.15, 0.2) is 0 Å². The molecule has 1 saturated heterocycles. The van der Waals surface area contributed by atoms with Crippen molar-refractivity contribution in [2.45, 2.75) is 44.3 Å². The van der Waals surface area contributed by atoms with Gasteiger partial charge in [-0.15, -0.1) is 0 Å². The molecule has 3 aliphatic rings. The van der Waals surface area contributed by atoms with Crippen LogP contribution in [-0.2, 0) is 14.7 Å². The van der Waals surface area contributed by atoms with Gasteiger partial charge in [0.1, 0.15) is 0 Å². The summed E-state index contributed by atoms with van der Waals surface area (Å²) in [4.78, 5) is 0. The number of nitrogens with zero attached hydrogens (tertiary/aromatic N) is 1. The minimum Gasteiger partial charge on any atom is -0.399 e. The predicted molar refractivity (Wildman–Crippen MR) is 186 cm³/mol. The molecule has 6 aromatic rings. The Kier molecular flexibility index (Phi) is 5.53. The molecule has 0 saturated carbocycles. The second-order valence-electron chi connectivity index (χ2n) is 13.8. The Hall–Kier alpha value is -4.95. The minimum atomic E-state index is -0.525. The average Bonchev–Trinajstić information content (AvgIpc) is 3.63. The van der Waals surface area contributed by atoms with Crippen molar-refractivity contribution in [3.63, 3.8) is 0 Å². The van der Waals surface area contributed by atoms with E-state index < -0.39 is 23.7 Å². The lowest BCUT2D eigenvalue weighted by Gasteiger charge is -2.32. The monoisotopic (exact) mass is 593 g/mol. The first kappa shape index (κ1) is 27.4. The quantitative estimate of drug-likeness (QED) is 0.188. The predicted octanol–water partition coefficient (Wildman–Crippen LogP) is 9.02. The Bertz CT molecular complexity index is 2280. The first-order chi connectivity index (χ1) is 22.2. The van der Waals surface area contributed by atoms with Gasteiger partial charge >= 0.3 is 7.12 Å². The fourth-order valence-electron chi connectivity index (χ4n) is 8.01. The molecule has 1 fully saturated rings. The molecule has 9 rings (SSSR count). The van der Waals surface area contributed by atoms with Gasteiger partial charge in [-0.05, 0) is 118 Å². The van der Waals surface area contributed by atoms with Crippen molar-refractivity contribution < 1.29 is 9.31 Å². The van der Waals surface area contributed by atoms with Gasteiger partial charge in [-0.3, -0.25) is 0 Å². The summed E-state index contributed by atoms with van der Waals surface area (Å²) in [7, 11) is -0.460. The van der Waals surface area contributed by atoms with Crippen LogP contribution < -0.4 is 5.46 Å². The Morgan fingerprint density at radius 2 is 1.22 bits per heavy atom. The smallest absolute Gasteiger partial charge is 0.399 e. The van der Waals surface area contributed by atoms with Crippen LogP contribution in [0.5, 0.6) is 0 Å². The summed E-state index contributed by atoms with van der Waals surface area (Å²) in [6.07, 6.45) is 0. The van der Waals surface area contributed by atoms with Crippen molar-refractivity contribution in [1.82, 2.24) is 0 Å². The first-order valence-electron chi connectivity index (χ1n) is 16.0. The lowest BCUT2D eigenvalue weighted by molar-refractivity contribution is 0.00578. The molecule has 0 aromatic heterocycles. The molecule has 0 radical (unpaired) electrons. The van der Waals surface area contributed by atoms with Crippen LogP contribution in [0.3, 0.4) is 0 Å². The van der Waals surface area contributed by atoms with Gasteiger partial charge in [0, 0.05) is 0 Å². The summed E-state index contributed by atoms with van der Waals surface area (Å²) in [5.74, 6) is 0. The van der Waals surface area contributed by atoms with E-state index in [0.29, 0.717) is 5.56 Å². The molecule has 0 amide bonds. The van der Waals surface area contributed by atoms with E-state index >= 15 is 0 Å². The Morgan fingerprint density at radius 1 is 0.565 bits per heavy atom. The van der Waals surface area contributed by atoms with Crippen LogP contribution in [0.1, 0.15) is 55.5 Å². The SMILES string of the molecule is CC1(C)OB(c2ccc3c(c2)C2(c4cc(-c5ccc(C#N)cc5)ccc4-3)c3ccccc3-c3c2ccc2ccccc32)OC1(C)C. The maximum atomic E-state index is 9.42. The van der Waals surface area contributed by atoms with Gasteiger partial charge < -0.3 is 9.31 Å². The summed E-state index contributed by atoms with van der Waals surface area (Å²) in [5, 5.41) is 11.9. The van der Waals surface area contributed by atoms with Gasteiger partial charge in [-0.1, -0.05) is 103 Å². The van der Waals surface area contributed by atoms with E-state index in [1.807, 2.05) is 12.1 Å². The van der Waals surface area contributed by atoms with Crippen molar-refractivity contribution >= 4 is 23.4 Å². The second kappa shape index (κ2) is 9.30. The van der Waals surface area contributed by atoms with E-state index in [1.54, 1.807) is 0 Å². The molecular weight excluding hydrogens is 561 g/mol. The number of fused-ring (bicyclic) bond motifs is 12. The van der Waals surface area contributed by atoms with E-state index in [4.69, 9.17) is 9.31 Å². The lowest BCUT2D eigenvalue weighted by Crippen LogP contribution is -2.41. The molecule has 3 nitrogen and oxygen atoms in total. The molecule has 0 N–H and O–H groups in total. The maximum Gasteiger partial charge on any atom is 0.494 e. The molecule has 1 unspecified atom stereocenters. The lowest BCUT2D eigenvalue weighted by atomic mass is 9.68. The van der Waals surface area contributed by atoms with Gasteiger partial charge in [-0.2, -0.15) is 5.26 Å². The maximum absolute atomic E-state index is 9.42. The standard InChI is InChI=1S/C42H32BNO2/c1-40(2)41(3,4)46-43(45-40)30-19-21-33-32-20-17-29(27-15-13-26(25-44)14-16-27)23-37(32)42(38(33)24-30)35-12-8-7-11-34(35)39-31-10-6-5-9-28(31)18-22-36(39)42/h5-24H,1-4H3. The van der Waals surface area contributed by atoms with Crippen molar-refractivity contribution in [1.29, 1.82) is 5.26 Å². The van der Waals surface area contributed by atoms with Gasteiger partial charge in [0.25, 0.3) is 0 Å². The van der Waals surface area contributed by atoms with Crippen LogP contribution in [0.4, 0.5) is 0 Å². The molecule has 1 aliphatic heterocycles. The third kappa shape index (κ3) is 3.50. The van der Waals surface area contributed by atoms with E-state index in [-0.39, 0.29) is 0 Å². The number of hydrogen-bond acceptors (Lipinski definition) is 3. The second-order valence-corrected chi connectivity index (χ2v) is 13.8. The van der Waals surface area contributed by atoms with E-state index in [0.717, 1.165) is 16.6 Å². The summed E-state index contributed by atoms with van der Waals surface area (Å²) in [6, 6.07) is 46.1. The van der Waals surface area contributed by atoms with Gasteiger partial charge in [0.05, 0.1) is 28.2 Å². The van der Waals surface area contributed by atoms with Crippen molar-refractivity contribution in [3.8, 4) is 39.4 Å². The van der Waals surface area contributed by atoms with Crippen LogP contribution in [-0.4, -0.2) is 18.3 Å². The molecular formula is C42H32BNO2. The minimum absolute atomic E-state index is 0.432. The number of rotatable bonds is 2. The van der Waals surface area contributed by atoms with Crippen LogP contribution in [0.25, 0.3) is 44.2 Å². The van der Waals surface area contributed by atoms with Crippen molar-refractivity contribution in [2.24, 2.45) is 0 Å². The molecule has 46 heavy (non-hydrogen) atoms. The zero-order valence-corrected chi connectivity index (χ0v) is 26.4. The van der Waals surface area contributed by atoms with E-state index in [2.05, 4.69) is 143 Å². The van der Waals surface area contributed by atoms with Crippen LogP contribution in [0.15, 0.2) is 121 Å². The van der Waals surface area contributed by atoms with Gasteiger partial charge in [-0.25, -0.2) is 0 Å². The highest BCUT2D eigenvalue weighted by molar-refractivity contribution is 6.62. The first-order valence-corrected chi connectivity index (χ1v) is 16.0. The largest absolute Gasteiger partial charge is 0.494 e. The molecule has 4 heteroatoms. The zero-order chi connectivity index (χ0) is 31.4. The zero-order valence-electron chi connectivity index (χ0n) is 26.4.